The van der Waals surface area contributed by atoms with Crippen LogP contribution >= 0.6 is 11.6 Å². The largest absolute Gasteiger partial charge is 0.275 e. The average Bonchev–Trinajstić information content (AvgIpc) is 2.53. The summed E-state index contributed by atoms with van der Waals surface area (Å²) < 4.78 is 0. The lowest BCUT2D eigenvalue weighted by Crippen LogP contribution is -2.28. The fourth-order valence-electron chi connectivity index (χ4n) is 1.21. The highest BCUT2D eigenvalue weighted by Crippen LogP contribution is 2.13. The van der Waals surface area contributed by atoms with Gasteiger partial charge < -0.3 is 0 Å². The minimum absolute atomic E-state index is 0.0947. The van der Waals surface area contributed by atoms with E-state index in [1.807, 2.05) is 0 Å². The zero-order valence-electron chi connectivity index (χ0n) is 7.58. The molecule has 15 heavy (non-hydrogen) atoms. The molecule has 0 bridgehead atoms. The lowest BCUT2D eigenvalue weighted by Gasteiger charge is -1.94. The molecule has 2 amide bonds. The van der Waals surface area contributed by atoms with Crippen LogP contribution in [0, 0.1) is 0 Å². The fraction of sp³-hybridized carbons (Fsp3) is 0. The molecule has 1 aliphatic heterocycles. The third-order valence-electron chi connectivity index (χ3n) is 1.96. The molecule has 0 atom stereocenters. The molecule has 0 radical (unpaired) electrons. The van der Waals surface area contributed by atoms with E-state index in [-0.39, 0.29) is 5.57 Å². The Balaban J connectivity index is 2.33. The first-order valence-corrected chi connectivity index (χ1v) is 4.62. The molecular formula is C10H7ClN2O2. The van der Waals surface area contributed by atoms with Gasteiger partial charge in [0.1, 0.15) is 5.57 Å². The highest BCUT2D eigenvalue weighted by molar-refractivity contribution is 6.30. The third-order valence-corrected chi connectivity index (χ3v) is 2.21. The fourth-order valence-corrected chi connectivity index (χ4v) is 1.33. The summed E-state index contributed by atoms with van der Waals surface area (Å²) in [6, 6.07) is 6.85. The molecule has 1 aromatic carbocycles. The number of amides is 2. The third kappa shape index (κ3) is 1.99. The Morgan fingerprint density at radius 3 is 2.07 bits per heavy atom. The summed E-state index contributed by atoms with van der Waals surface area (Å²) in [5, 5.41) is 0.609. The molecule has 1 fully saturated rings. The minimum atomic E-state index is -0.421. The molecule has 1 heterocycles. The van der Waals surface area contributed by atoms with E-state index in [4.69, 9.17) is 11.6 Å². The van der Waals surface area contributed by atoms with E-state index in [1.165, 1.54) is 6.08 Å². The van der Waals surface area contributed by atoms with Crippen LogP contribution < -0.4 is 10.9 Å². The van der Waals surface area contributed by atoms with Crippen LogP contribution in [0.3, 0.4) is 0 Å². The lowest BCUT2D eigenvalue weighted by molar-refractivity contribution is -0.117. The lowest BCUT2D eigenvalue weighted by atomic mass is 10.1. The van der Waals surface area contributed by atoms with Crippen molar-refractivity contribution in [1.82, 2.24) is 10.9 Å². The smallest absolute Gasteiger partial charge is 0.267 e. The van der Waals surface area contributed by atoms with Crippen LogP contribution in [0.15, 0.2) is 29.8 Å². The van der Waals surface area contributed by atoms with Crippen LogP contribution in [0.2, 0.25) is 5.02 Å². The van der Waals surface area contributed by atoms with Gasteiger partial charge in [-0.15, -0.1) is 0 Å². The first-order chi connectivity index (χ1) is 7.16. The Morgan fingerprint density at radius 2 is 1.53 bits per heavy atom. The standard InChI is InChI=1S/C10H7ClN2O2/c11-7-3-1-6(2-4-7)5-8-9(14)12-13-10(8)15/h1-5H,(H,12,14)(H,13,15). The molecule has 1 aromatic rings. The molecule has 0 aromatic heterocycles. The van der Waals surface area contributed by atoms with Gasteiger partial charge in [-0.3, -0.25) is 20.4 Å². The Kier molecular flexibility index (Phi) is 2.43. The topological polar surface area (TPSA) is 58.2 Å². The maximum Gasteiger partial charge on any atom is 0.275 e. The summed E-state index contributed by atoms with van der Waals surface area (Å²) in [6.07, 6.45) is 1.51. The van der Waals surface area contributed by atoms with Gasteiger partial charge in [-0.1, -0.05) is 23.7 Å². The van der Waals surface area contributed by atoms with Crippen LogP contribution in [-0.2, 0) is 9.59 Å². The van der Waals surface area contributed by atoms with Crippen molar-refractivity contribution in [2.45, 2.75) is 0 Å². The van der Waals surface area contributed by atoms with Crippen LogP contribution in [0.1, 0.15) is 5.56 Å². The first kappa shape index (κ1) is 9.73. The number of rotatable bonds is 1. The van der Waals surface area contributed by atoms with Gasteiger partial charge in [0.25, 0.3) is 11.8 Å². The molecule has 2 rings (SSSR count). The molecule has 5 heteroatoms. The van der Waals surface area contributed by atoms with Gasteiger partial charge in [-0.2, -0.15) is 0 Å². The van der Waals surface area contributed by atoms with Crippen molar-refractivity contribution < 1.29 is 9.59 Å². The number of nitrogens with one attached hydrogen (secondary N) is 2. The molecule has 4 nitrogen and oxygen atoms in total. The van der Waals surface area contributed by atoms with Crippen molar-refractivity contribution in [1.29, 1.82) is 0 Å². The van der Waals surface area contributed by atoms with Gasteiger partial charge in [-0.05, 0) is 23.8 Å². The summed E-state index contributed by atoms with van der Waals surface area (Å²) in [5.74, 6) is -0.843. The highest BCUT2D eigenvalue weighted by atomic mass is 35.5. The number of hydrogen-bond donors (Lipinski definition) is 2. The minimum Gasteiger partial charge on any atom is -0.267 e. The highest BCUT2D eigenvalue weighted by Gasteiger charge is 2.24. The molecule has 0 unspecified atom stereocenters. The quantitative estimate of drug-likeness (QED) is 0.548. The molecule has 0 spiro atoms. The Hall–Kier alpha value is -1.81. The second-order valence-electron chi connectivity index (χ2n) is 3.02. The van der Waals surface area contributed by atoms with Gasteiger partial charge in [0.05, 0.1) is 0 Å². The molecule has 1 aliphatic rings. The van der Waals surface area contributed by atoms with Gasteiger partial charge in [0.15, 0.2) is 0 Å². The van der Waals surface area contributed by atoms with Crippen LogP contribution in [-0.4, -0.2) is 11.8 Å². The van der Waals surface area contributed by atoms with E-state index in [0.717, 1.165) is 5.56 Å². The Bertz CT molecular complexity index is 433. The van der Waals surface area contributed by atoms with Crippen LogP contribution in [0.4, 0.5) is 0 Å². The van der Waals surface area contributed by atoms with E-state index in [9.17, 15) is 9.59 Å². The predicted molar refractivity (Wildman–Crippen MR) is 55.7 cm³/mol. The molecular weight excluding hydrogens is 216 g/mol. The second kappa shape index (κ2) is 3.74. The second-order valence-corrected chi connectivity index (χ2v) is 3.45. The summed E-state index contributed by atoms with van der Waals surface area (Å²) in [5.41, 5.74) is 5.28. The normalized spacial score (nSPS) is 14.9. The summed E-state index contributed by atoms with van der Waals surface area (Å²) in [4.78, 5) is 22.3. The van der Waals surface area contributed by atoms with E-state index in [0.29, 0.717) is 5.02 Å². The van der Waals surface area contributed by atoms with E-state index >= 15 is 0 Å². The van der Waals surface area contributed by atoms with Crippen molar-refractivity contribution in [3.8, 4) is 0 Å². The van der Waals surface area contributed by atoms with Crippen LogP contribution in [0.5, 0.6) is 0 Å². The number of carbonyl (C=O) groups excluding carboxylic acids is 2. The molecule has 1 saturated heterocycles. The SMILES string of the molecule is O=C1NNC(=O)C1=Cc1ccc(Cl)cc1. The van der Waals surface area contributed by atoms with Crippen molar-refractivity contribution in [3.05, 3.63) is 40.4 Å². The first-order valence-electron chi connectivity index (χ1n) is 4.25. The molecule has 2 N–H and O–H groups in total. The molecule has 76 valence electrons. The zero-order chi connectivity index (χ0) is 10.8. The Morgan fingerprint density at radius 1 is 1.00 bits per heavy atom. The number of benzene rings is 1. The van der Waals surface area contributed by atoms with Gasteiger partial charge in [-0.25, -0.2) is 0 Å². The van der Waals surface area contributed by atoms with Gasteiger partial charge in [0, 0.05) is 5.02 Å². The molecule has 0 saturated carbocycles. The average molecular weight is 223 g/mol. The van der Waals surface area contributed by atoms with Crippen molar-refractivity contribution in [3.63, 3.8) is 0 Å². The predicted octanol–water partition coefficient (Wildman–Crippen LogP) is 0.884. The summed E-state index contributed by atoms with van der Waals surface area (Å²) in [7, 11) is 0. The zero-order valence-corrected chi connectivity index (χ0v) is 8.34. The van der Waals surface area contributed by atoms with Gasteiger partial charge >= 0.3 is 0 Å². The number of hydrogen-bond acceptors (Lipinski definition) is 2. The number of carbonyl (C=O) groups is 2. The summed E-state index contributed by atoms with van der Waals surface area (Å²) >= 11 is 5.71. The maximum atomic E-state index is 11.2. The van der Waals surface area contributed by atoms with E-state index < -0.39 is 11.8 Å². The molecule has 0 aliphatic carbocycles. The summed E-state index contributed by atoms with van der Waals surface area (Å²) in [6.45, 7) is 0. The maximum absolute atomic E-state index is 11.2. The number of halogens is 1. The van der Waals surface area contributed by atoms with E-state index in [1.54, 1.807) is 24.3 Å². The van der Waals surface area contributed by atoms with Crippen molar-refractivity contribution in [2.75, 3.05) is 0 Å². The number of hydrazine groups is 1. The monoisotopic (exact) mass is 222 g/mol. The van der Waals surface area contributed by atoms with Gasteiger partial charge in [0.2, 0.25) is 0 Å². The van der Waals surface area contributed by atoms with E-state index in [2.05, 4.69) is 10.9 Å². The Labute approximate surface area is 90.9 Å². The van der Waals surface area contributed by atoms with Crippen LogP contribution in [0.25, 0.3) is 6.08 Å². The van der Waals surface area contributed by atoms with Crippen molar-refractivity contribution >= 4 is 29.5 Å². The van der Waals surface area contributed by atoms with Crippen molar-refractivity contribution in [2.24, 2.45) is 0 Å².